The van der Waals surface area contributed by atoms with Crippen LogP contribution in [0.2, 0.25) is 0 Å². The highest BCUT2D eigenvalue weighted by atomic mass is 32.1. The van der Waals surface area contributed by atoms with E-state index >= 15 is 0 Å². The van der Waals surface area contributed by atoms with Crippen LogP contribution in [-0.4, -0.2) is 39.4 Å². The molecule has 2 fully saturated rings. The third-order valence-corrected chi connectivity index (χ3v) is 4.62. The van der Waals surface area contributed by atoms with Gasteiger partial charge in [-0.1, -0.05) is 6.42 Å². The standard InChI is InChI=1S/C11H18N4S/c1-15-9-3-2-4-10(15)6-8(5-9)14-11-12-7-13-16-11/h7-10H,2-6H2,1H3,(H,12,13,14). The van der Waals surface area contributed by atoms with Crippen LogP contribution in [0.25, 0.3) is 0 Å². The topological polar surface area (TPSA) is 41.0 Å². The summed E-state index contributed by atoms with van der Waals surface area (Å²) >= 11 is 1.46. The van der Waals surface area contributed by atoms with Crippen LogP contribution >= 0.6 is 11.5 Å². The highest BCUT2D eigenvalue weighted by Crippen LogP contribution is 2.33. The maximum Gasteiger partial charge on any atom is 0.202 e. The Kier molecular flexibility index (Phi) is 2.81. The van der Waals surface area contributed by atoms with Gasteiger partial charge in [-0.15, -0.1) is 0 Å². The molecule has 0 radical (unpaired) electrons. The average Bonchev–Trinajstić information content (AvgIpc) is 2.72. The van der Waals surface area contributed by atoms with Crippen LogP contribution < -0.4 is 5.32 Å². The smallest absolute Gasteiger partial charge is 0.202 e. The van der Waals surface area contributed by atoms with E-state index in [0.717, 1.165) is 17.2 Å². The van der Waals surface area contributed by atoms with Gasteiger partial charge in [0.2, 0.25) is 5.13 Å². The van der Waals surface area contributed by atoms with Crippen molar-refractivity contribution in [3.8, 4) is 0 Å². The Morgan fingerprint density at radius 2 is 2.12 bits per heavy atom. The molecule has 2 bridgehead atoms. The van der Waals surface area contributed by atoms with E-state index in [-0.39, 0.29) is 0 Å². The zero-order valence-corrected chi connectivity index (χ0v) is 10.4. The van der Waals surface area contributed by atoms with E-state index < -0.39 is 0 Å². The Labute approximate surface area is 100 Å². The van der Waals surface area contributed by atoms with E-state index in [1.165, 1.54) is 43.6 Å². The van der Waals surface area contributed by atoms with Crippen LogP contribution in [0.5, 0.6) is 0 Å². The zero-order chi connectivity index (χ0) is 11.0. The van der Waals surface area contributed by atoms with Gasteiger partial charge in [-0.2, -0.15) is 4.37 Å². The van der Waals surface area contributed by atoms with Crippen LogP contribution in [0.15, 0.2) is 6.33 Å². The fraction of sp³-hybridized carbons (Fsp3) is 0.818. The van der Waals surface area contributed by atoms with Gasteiger partial charge in [0.1, 0.15) is 6.33 Å². The Morgan fingerprint density at radius 3 is 2.75 bits per heavy atom. The average molecular weight is 238 g/mol. The Balaban J connectivity index is 1.66. The SMILES string of the molecule is CN1C2CCCC1CC(Nc1ncns1)C2. The second-order valence-corrected chi connectivity index (χ2v) is 5.74. The molecule has 2 unspecified atom stereocenters. The number of anilines is 1. The first-order chi connectivity index (χ1) is 7.83. The number of hydrogen-bond acceptors (Lipinski definition) is 5. The Bertz CT molecular complexity index is 326. The lowest BCUT2D eigenvalue weighted by atomic mass is 9.82. The second-order valence-electron chi connectivity index (χ2n) is 4.96. The van der Waals surface area contributed by atoms with Gasteiger partial charge in [0.05, 0.1) is 0 Å². The van der Waals surface area contributed by atoms with Gasteiger partial charge >= 0.3 is 0 Å². The molecule has 2 aliphatic heterocycles. The maximum absolute atomic E-state index is 4.21. The molecule has 2 atom stereocenters. The van der Waals surface area contributed by atoms with E-state index in [1.807, 2.05) is 0 Å². The second kappa shape index (κ2) is 4.30. The minimum absolute atomic E-state index is 0.597. The van der Waals surface area contributed by atoms with E-state index in [9.17, 15) is 0 Å². The number of piperidine rings is 2. The number of nitrogens with zero attached hydrogens (tertiary/aromatic N) is 3. The summed E-state index contributed by atoms with van der Waals surface area (Å²) in [6.45, 7) is 0. The molecule has 1 aromatic rings. The monoisotopic (exact) mass is 238 g/mol. The number of rotatable bonds is 2. The number of hydrogen-bond donors (Lipinski definition) is 1. The lowest BCUT2D eigenvalue weighted by molar-refractivity contribution is 0.0608. The molecule has 2 saturated heterocycles. The Hall–Kier alpha value is -0.680. The molecule has 88 valence electrons. The van der Waals surface area contributed by atoms with Crippen LogP contribution in [0, 0.1) is 0 Å². The summed E-state index contributed by atoms with van der Waals surface area (Å²) in [7, 11) is 2.29. The van der Waals surface area contributed by atoms with Gasteiger partial charge in [0.25, 0.3) is 0 Å². The van der Waals surface area contributed by atoms with Crippen molar-refractivity contribution < 1.29 is 0 Å². The molecule has 2 aliphatic rings. The minimum atomic E-state index is 0.597. The van der Waals surface area contributed by atoms with Gasteiger partial charge in [0.15, 0.2) is 0 Å². The molecular weight excluding hydrogens is 220 g/mol. The van der Waals surface area contributed by atoms with Gasteiger partial charge in [-0.3, -0.25) is 0 Å². The Morgan fingerprint density at radius 1 is 1.38 bits per heavy atom. The summed E-state index contributed by atoms with van der Waals surface area (Å²) in [5, 5.41) is 4.51. The van der Waals surface area contributed by atoms with Crippen molar-refractivity contribution in [2.24, 2.45) is 0 Å². The molecule has 5 heteroatoms. The molecule has 0 aromatic carbocycles. The first kappa shape index (κ1) is 10.5. The lowest BCUT2D eigenvalue weighted by Crippen LogP contribution is -2.52. The summed E-state index contributed by atoms with van der Waals surface area (Å²) < 4.78 is 4.03. The maximum atomic E-state index is 4.21. The molecule has 0 amide bonds. The largest absolute Gasteiger partial charge is 0.357 e. The third-order valence-electron chi connectivity index (χ3n) is 4.03. The highest BCUT2D eigenvalue weighted by Gasteiger charge is 2.35. The van der Waals surface area contributed by atoms with Crippen molar-refractivity contribution in [1.82, 2.24) is 14.3 Å². The van der Waals surface area contributed by atoms with Crippen LogP contribution in [0.1, 0.15) is 32.1 Å². The van der Waals surface area contributed by atoms with Crippen molar-refractivity contribution in [3.05, 3.63) is 6.33 Å². The number of aromatic nitrogens is 2. The molecular formula is C11H18N4S. The summed E-state index contributed by atoms with van der Waals surface area (Å²) in [5.74, 6) is 0. The van der Waals surface area contributed by atoms with Gasteiger partial charge in [0, 0.05) is 29.7 Å². The summed E-state index contributed by atoms with van der Waals surface area (Å²) in [5.41, 5.74) is 0. The quantitative estimate of drug-likeness (QED) is 0.855. The predicted molar refractivity (Wildman–Crippen MR) is 65.7 cm³/mol. The van der Waals surface area contributed by atoms with Crippen molar-refractivity contribution >= 4 is 16.7 Å². The molecule has 1 N–H and O–H groups in total. The van der Waals surface area contributed by atoms with Crippen LogP contribution in [0.3, 0.4) is 0 Å². The summed E-state index contributed by atoms with van der Waals surface area (Å²) in [6.07, 6.45) is 8.27. The van der Waals surface area contributed by atoms with Gasteiger partial charge in [-0.05, 0) is 32.7 Å². The van der Waals surface area contributed by atoms with Gasteiger partial charge < -0.3 is 10.2 Å². The molecule has 0 saturated carbocycles. The first-order valence-electron chi connectivity index (χ1n) is 6.08. The van der Waals surface area contributed by atoms with Crippen LogP contribution in [0.4, 0.5) is 5.13 Å². The molecule has 16 heavy (non-hydrogen) atoms. The predicted octanol–water partition coefficient (Wildman–Crippen LogP) is 1.97. The zero-order valence-electron chi connectivity index (χ0n) is 9.59. The van der Waals surface area contributed by atoms with Crippen molar-refractivity contribution in [1.29, 1.82) is 0 Å². The summed E-state index contributed by atoms with van der Waals surface area (Å²) in [4.78, 5) is 6.79. The van der Waals surface area contributed by atoms with Crippen molar-refractivity contribution in [2.75, 3.05) is 12.4 Å². The molecule has 0 spiro atoms. The third kappa shape index (κ3) is 1.94. The fourth-order valence-electron chi connectivity index (χ4n) is 3.14. The lowest BCUT2D eigenvalue weighted by Gasteiger charge is -2.47. The van der Waals surface area contributed by atoms with E-state index in [4.69, 9.17) is 0 Å². The van der Waals surface area contributed by atoms with Crippen molar-refractivity contribution in [3.63, 3.8) is 0 Å². The molecule has 4 nitrogen and oxygen atoms in total. The highest BCUT2D eigenvalue weighted by molar-refractivity contribution is 7.09. The summed E-state index contributed by atoms with van der Waals surface area (Å²) in [6, 6.07) is 2.15. The van der Waals surface area contributed by atoms with E-state index in [0.29, 0.717) is 6.04 Å². The van der Waals surface area contributed by atoms with E-state index in [1.54, 1.807) is 6.33 Å². The minimum Gasteiger partial charge on any atom is -0.357 e. The van der Waals surface area contributed by atoms with Crippen LogP contribution in [-0.2, 0) is 0 Å². The fourth-order valence-corrected chi connectivity index (χ4v) is 3.65. The number of fused-ring (bicyclic) bond motifs is 2. The van der Waals surface area contributed by atoms with Crippen molar-refractivity contribution in [2.45, 2.75) is 50.2 Å². The molecule has 3 rings (SSSR count). The van der Waals surface area contributed by atoms with E-state index in [2.05, 4.69) is 26.6 Å². The molecule has 0 aliphatic carbocycles. The molecule has 1 aromatic heterocycles. The van der Waals surface area contributed by atoms with Gasteiger partial charge in [-0.25, -0.2) is 4.98 Å². The number of nitrogens with one attached hydrogen (secondary N) is 1. The molecule has 3 heterocycles. The normalized spacial score (nSPS) is 34.9. The first-order valence-corrected chi connectivity index (χ1v) is 6.85.